The molecule has 7 nitrogen and oxygen atoms in total. The quantitative estimate of drug-likeness (QED) is 0.579. The van der Waals surface area contributed by atoms with Gasteiger partial charge in [0.1, 0.15) is 5.92 Å². The number of hydrogen-bond acceptors (Lipinski definition) is 8. The van der Waals surface area contributed by atoms with Crippen molar-refractivity contribution in [2.24, 2.45) is 5.92 Å². The molecule has 0 amide bonds. The maximum absolute atomic E-state index is 13.8. The van der Waals surface area contributed by atoms with Crippen molar-refractivity contribution < 1.29 is 23.9 Å². The van der Waals surface area contributed by atoms with Gasteiger partial charge in [-0.05, 0) is 36.4 Å². The van der Waals surface area contributed by atoms with E-state index in [0.29, 0.717) is 34.5 Å². The number of allylic oxidation sites excluding steroid dienone is 3. The number of nitrogens with zero attached hydrogens (tertiary/aromatic N) is 1. The zero-order chi connectivity index (χ0) is 22.1. The van der Waals surface area contributed by atoms with Crippen molar-refractivity contribution in [1.29, 1.82) is 0 Å². The Labute approximate surface area is 183 Å². The van der Waals surface area contributed by atoms with Gasteiger partial charge < -0.3 is 14.8 Å². The number of ether oxygens (including phenoxy) is 2. The third kappa shape index (κ3) is 3.57. The number of rotatable bonds is 4. The molecule has 0 fully saturated rings. The average Bonchev–Trinajstić information content (AvgIpc) is 3.32. The summed E-state index contributed by atoms with van der Waals surface area (Å²) < 4.78 is 10.0. The van der Waals surface area contributed by atoms with Crippen LogP contribution >= 0.6 is 11.3 Å². The van der Waals surface area contributed by atoms with Crippen LogP contribution in [0.25, 0.3) is 0 Å². The summed E-state index contributed by atoms with van der Waals surface area (Å²) >= 11 is 1.50. The van der Waals surface area contributed by atoms with Crippen molar-refractivity contribution >= 4 is 29.1 Å². The van der Waals surface area contributed by atoms with Crippen LogP contribution < -0.4 is 5.32 Å². The Morgan fingerprint density at radius 3 is 2.61 bits per heavy atom. The van der Waals surface area contributed by atoms with Gasteiger partial charge in [0.2, 0.25) is 0 Å². The lowest BCUT2D eigenvalue weighted by atomic mass is 9.68. The van der Waals surface area contributed by atoms with Crippen LogP contribution in [0.1, 0.15) is 35.6 Å². The number of ketones is 1. The van der Waals surface area contributed by atoms with Gasteiger partial charge in [-0.2, -0.15) is 0 Å². The molecule has 1 aliphatic carbocycles. The number of carbonyl (C=O) groups is 3. The van der Waals surface area contributed by atoms with Crippen LogP contribution in [-0.2, 0) is 23.9 Å². The minimum Gasteiger partial charge on any atom is -0.468 e. The van der Waals surface area contributed by atoms with Crippen LogP contribution in [-0.4, -0.2) is 36.9 Å². The fourth-order valence-electron chi connectivity index (χ4n) is 4.46. The summed E-state index contributed by atoms with van der Waals surface area (Å²) in [6.45, 7) is 1.79. The number of carbonyl (C=O) groups excluding carboxylic acids is 3. The topological polar surface area (TPSA) is 94.6 Å². The zero-order valence-electron chi connectivity index (χ0n) is 17.4. The van der Waals surface area contributed by atoms with Gasteiger partial charge in [0.15, 0.2) is 5.78 Å². The monoisotopic (exact) mass is 438 g/mol. The molecule has 0 unspecified atom stereocenters. The Morgan fingerprint density at radius 1 is 1.19 bits per heavy atom. The zero-order valence-corrected chi connectivity index (χ0v) is 18.2. The van der Waals surface area contributed by atoms with E-state index in [1.54, 1.807) is 25.4 Å². The van der Waals surface area contributed by atoms with Crippen molar-refractivity contribution in [3.05, 3.63) is 75.0 Å². The molecule has 1 N–H and O–H groups in total. The summed E-state index contributed by atoms with van der Waals surface area (Å²) in [6, 6.07) is 7.39. The van der Waals surface area contributed by atoms with E-state index in [-0.39, 0.29) is 11.7 Å². The lowest BCUT2D eigenvalue weighted by molar-refractivity contribution is -0.149. The summed E-state index contributed by atoms with van der Waals surface area (Å²) in [6.07, 6.45) is 3.70. The normalized spacial score (nSPS) is 23.2. The first-order valence-corrected chi connectivity index (χ1v) is 10.7. The predicted molar refractivity (Wildman–Crippen MR) is 114 cm³/mol. The maximum Gasteiger partial charge on any atom is 0.336 e. The van der Waals surface area contributed by atoms with E-state index in [9.17, 15) is 14.4 Å². The fraction of sp³-hybridized carbons (Fsp3) is 0.304. The molecular formula is C23H22N2O5S. The van der Waals surface area contributed by atoms with Crippen LogP contribution in [0.4, 0.5) is 0 Å². The van der Waals surface area contributed by atoms with E-state index in [0.717, 1.165) is 4.88 Å². The predicted octanol–water partition coefficient (Wildman–Crippen LogP) is 3.08. The molecule has 0 spiro atoms. The summed E-state index contributed by atoms with van der Waals surface area (Å²) in [5.74, 6) is -3.46. The Bertz CT molecular complexity index is 1090. The summed E-state index contributed by atoms with van der Waals surface area (Å²) in [7, 11) is 2.59. The maximum atomic E-state index is 13.8. The Hall–Kier alpha value is -3.26. The second-order valence-electron chi connectivity index (χ2n) is 7.46. The van der Waals surface area contributed by atoms with Crippen LogP contribution in [0.15, 0.2) is 64.6 Å². The van der Waals surface area contributed by atoms with Gasteiger partial charge in [-0.3, -0.25) is 14.6 Å². The van der Waals surface area contributed by atoms with E-state index < -0.39 is 23.8 Å². The molecule has 3 heterocycles. The number of dihydropyridines is 1. The molecule has 31 heavy (non-hydrogen) atoms. The highest BCUT2D eigenvalue weighted by Gasteiger charge is 2.49. The molecule has 0 radical (unpaired) electrons. The van der Waals surface area contributed by atoms with Crippen molar-refractivity contribution in [2.75, 3.05) is 14.2 Å². The van der Waals surface area contributed by atoms with E-state index in [4.69, 9.17) is 9.47 Å². The van der Waals surface area contributed by atoms with Gasteiger partial charge in [0.05, 0.1) is 19.8 Å². The first-order valence-electron chi connectivity index (χ1n) is 9.82. The molecule has 8 heteroatoms. The first-order chi connectivity index (χ1) is 15.0. The van der Waals surface area contributed by atoms with Gasteiger partial charge in [0.25, 0.3) is 0 Å². The second kappa shape index (κ2) is 8.47. The molecule has 4 rings (SSSR count). The number of Topliss-reactive ketones (excluding diaryl/α,β-unsaturated/α-hetero) is 1. The minimum absolute atomic E-state index is 0.334. The number of esters is 2. The molecule has 0 saturated heterocycles. The highest BCUT2D eigenvalue weighted by Crippen LogP contribution is 2.48. The van der Waals surface area contributed by atoms with Gasteiger partial charge in [-0.1, -0.05) is 12.1 Å². The number of thiophene rings is 1. The number of nitrogens with one attached hydrogen (secondary N) is 1. The first kappa shape index (κ1) is 21.0. The summed E-state index contributed by atoms with van der Waals surface area (Å²) in [4.78, 5) is 44.4. The molecule has 2 aliphatic rings. The minimum atomic E-state index is -0.985. The summed E-state index contributed by atoms with van der Waals surface area (Å²) in [5.41, 5.74) is 2.74. The molecule has 0 bridgehead atoms. The standard InChI is InChI=1S/C23H22N2O5S/c1-12-17(22(27)29-2)18(13-6-4-8-24-11-13)20-15(25-12)10-14(16-7-5-9-31-16)19(21(20)26)23(28)30-3/h4-9,11,14,18-19,25H,10H2,1-3H3/t14-,18+,19-/m0/s1. The van der Waals surface area contributed by atoms with Gasteiger partial charge in [-0.15, -0.1) is 11.3 Å². The Kier molecular flexibility index (Phi) is 5.73. The molecule has 2 aromatic heterocycles. The van der Waals surface area contributed by atoms with Crippen molar-refractivity contribution in [2.45, 2.75) is 25.2 Å². The molecule has 1 aliphatic heterocycles. The summed E-state index contributed by atoms with van der Waals surface area (Å²) in [5, 5.41) is 5.17. The van der Waals surface area contributed by atoms with E-state index in [1.165, 1.54) is 25.6 Å². The third-order valence-corrected chi connectivity index (χ3v) is 6.81. The molecule has 0 saturated carbocycles. The van der Waals surface area contributed by atoms with Crippen LogP contribution in [0.3, 0.4) is 0 Å². The lowest BCUT2D eigenvalue weighted by Gasteiger charge is -2.38. The average molecular weight is 439 g/mol. The van der Waals surface area contributed by atoms with Crippen LogP contribution in [0, 0.1) is 5.92 Å². The smallest absolute Gasteiger partial charge is 0.336 e. The highest BCUT2D eigenvalue weighted by atomic mass is 32.1. The molecular weight excluding hydrogens is 416 g/mol. The SMILES string of the molecule is COC(=O)C1=C(C)NC2=C(C(=O)[C@@H](C(=O)OC)[C@H](c3cccs3)C2)[C@@H]1c1cccnc1. The van der Waals surface area contributed by atoms with Gasteiger partial charge in [-0.25, -0.2) is 4.79 Å². The van der Waals surface area contributed by atoms with Crippen molar-refractivity contribution in [3.63, 3.8) is 0 Å². The Morgan fingerprint density at radius 2 is 2.00 bits per heavy atom. The van der Waals surface area contributed by atoms with Gasteiger partial charge >= 0.3 is 11.9 Å². The molecule has 160 valence electrons. The number of hydrogen-bond donors (Lipinski definition) is 1. The largest absolute Gasteiger partial charge is 0.468 e. The number of aromatic nitrogens is 1. The fourth-order valence-corrected chi connectivity index (χ4v) is 5.33. The van der Waals surface area contributed by atoms with Crippen LogP contribution in [0.5, 0.6) is 0 Å². The van der Waals surface area contributed by atoms with Crippen molar-refractivity contribution in [1.82, 2.24) is 10.3 Å². The lowest BCUT2D eigenvalue weighted by Crippen LogP contribution is -2.43. The Balaban J connectivity index is 1.90. The third-order valence-electron chi connectivity index (χ3n) is 5.81. The number of methoxy groups -OCH3 is 2. The van der Waals surface area contributed by atoms with Gasteiger partial charge in [0, 0.05) is 46.1 Å². The molecule has 0 aromatic carbocycles. The van der Waals surface area contributed by atoms with E-state index in [1.807, 2.05) is 23.6 Å². The number of pyridine rings is 1. The molecule has 2 aromatic rings. The molecule has 3 atom stereocenters. The van der Waals surface area contributed by atoms with Crippen LogP contribution in [0.2, 0.25) is 0 Å². The highest BCUT2D eigenvalue weighted by molar-refractivity contribution is 7.10. The van der Waals surface area contributed by atoms with Crippen molar-refractivity contribution in [3.8, 4) is 0 Å². The van der Waals surface area contributed by atoms with E-state index in [2.05, 4.69) is 10.3 Å². The second-order valence-corrected chi connectivity index (χ2v) is 8.44. The van der Waals surface area contributed by atoms with E-state index >= 15 is 0 Å².